The summed E-state index contributed by atoms with van der Waals surface area (Å²) in [6, 6.07) is 1.14. The number of methoxy groups -OCH3 is 1. The highest BCUT2D eigenvalue weighted by molar-refractivity contribution is 4.77. The zero-order chi connectivity index (χ0) is 11.9. The number of rotatable bonds is 8. The molecule has 92 valence electrons. The molecule has 0 aliphatic heterocycles. The highest BCUT2D eigenvalue weighted by atomic mass is 16.5. The molecule has 0 spiro atoms. The van der Waals surface area contributed by atoms with E-state index in [1.807, 2.05) is 0 Å². The molecule has 0 aromatic rings. The predicted molar refractivity (Wildman–Crippen MR) is 67.3 cm³/mol. The SMILES string of the molecule is CCCCC(C)NC(C)CC(C)(C)OC. The maximum absolute atomic E-state index is 5.43. The number of nitrogens with one attached hydrogen (secondary N) is 1. The fourth-order valence-corrected chi connectivity index (χ4v) is 1.96. The van der Waals surface area contributed by atoms with Crippen LogP contribution in [0.1, 0.15) is 60.3 Å². The molecule has 0 saturated carbocycles. The fraction of sp³-hybridized carbons (Fsp3) is 1.00. The third-order valence-electron chi connectivity index (χ3n) is 2.91. The van der Waals surface area contributed by atoms with E-state index >= 15 is 0 Å². The normalized spacial score (nSPS) is 16.4. The van der Waals surface area contributed by atoms with Crippen molar-refractivity contribution in [1.82, 2.24) is 5.32 Å². The first-order valence-electron chi connectivity index (χ1n) is 6.22. The van der Waals surface area contributed by atoms with E-state index in [1.165, 1.54) is 19.3 Å². The summed E-state index contributed by atoms with van der Waals surface area (Å²) in [6.07, 6.45) is 4.92. The highest BCUT2D eigenvalue weighted by Gasteiger charge is 2.20. The van der Waals surface area contributed by atoms with E-state index in [0.29, 0.717) is 12.1 Å². The Morgan fingerprint density at radius 3 is 2.27 bits per heavy atom. The molecule has 15 heavy (non-hydrogen) atoms. The average molecular weight is 215 g/mol. The van der Waals surface area contributed by atoms with E-state index in [2.05, 4.69) is 39.9 Å². The lowest BCUT2D eigenvalue weighted by molar-refractivity contribution is 0.00776. The van der Waals surface area contributed by atoms with Crippen molar-refractivity contribution < 1.29 is 4.74 Å². The van der Waals surface area contributed by atoms with Gasteiger partial charge in [0.15, 0.2) is 0 Å². The van der Waals surface area contributed by atoms with Gasteiger partial charge in [-0.15, -0.1) is 0 Å². The molecule has 0 bridgehead atoms. The number of hydrogen-bond donors (Lipinski definition) is 1. The second-order valence-electron chi connectivity index (χ2n) is 5.28. The average Bonchev–Trinajstić information content (AvgIpc) is 2.13. The van der Waals surface area contributed by atoms with Crippen LogP contribution in [0.3, 0.4) is 0 Å². The van der Waals surface area contributed by atoms with Gasteiger partial charge in [0.25, 0.3) is 0 Å². The van der Waals surface area contributed by atoms with Crippen LogP contribution in [0, 0.1) is 0 Å². The molecule has 2 nitrogen and oxygen atoms in total. The van der Waals surface area contributed by atoms with Crippen LogP contribution in [0.5, 0.6) is 0 Å². The summed E-state index contributed by atoms with van der Waals surface area (Å²) in [5.41, 5.74) is -0.0170. The van der Waals surface area contributed by atoms with Crippen LogP contribution < -0.4 is 5.32 Å². The van der Waals surface area contributed by atoms with Gasteiger partial charge in [0.05, 0.1) is 5.60 Å². The van der Waals surface area contributed by atoms with E-state index in [9.17, 15) is 0 Å². The summed E-state index contributed by atoms with van der Waals surface area (Å²) in [5, 5.41) is 3.63. The molecule has 0 amide bonds. The van der Waals surface area contributed by atoms with E-state index < -0.39 is 0 Å². The van der Waals surface area contributed by atoms with Crippen molar-refractivity contribution in [3.8, 4) is 0 Å². The number of ether oxygens (including phenoxy) is 1. The molecule has 0 rings (SSSR count). The predicted octanol–water partition coefficient (Wildman–Crippen LogP) is 3.36. The smallest absolute Gasteiger partial charge is 0.0637 e. The lowest BCUT2D eigenvalue weighted by Crippen LogP contribution is -2.40. The molecule has 0 heterocycles. The molecular weight excluding hydrogens is 186 g/mol. The van der Waals surface area contributed by atoms with Crippen LogP contribution >= 0.6 is 0 Å². The number of hydrogen-bond acceptors (Lipinski definition) is 2. The van der Waals surface area contributed by atoms with Gasteiger partial charge < -0.3 is 10.1 Å². The molecule has 0 radical (unpaired) electrons. The Labute approximate surface area is 95.8 Å². The second-order valence-corrected chi connectivity index (χ2v) is 5.28. The molecule has 0 saturated heterocycles. The molecule has 1 N–H and O–H groups in total. The molecule has 2 atom stereocenters. The van der Waals surface area contributed by atoms with Crippen LogP contribution in [0.15, 0.2) is 0 Å². The van der Waals surface area contributed by atoms with E-state index in [0.717, 1.165) is 6.42 Å². The largest absolute Gasteiger partial charge is 0.379 e. The van der Waals surface area contributed by atoms with Crippen molar-refractivity contribution in [2.75, 3.05) is 7.11 Å². The summed E-state index contributed by atoms with van der Waals surface area (Å²) in [7, 11) is 1.78. The van der Waals surface area contributed by atoms with Crippen molar-refractivity contribution in [3.63, 3.8) is 0 Å². The monoisotopic (exact) mass is 215 g/mol. The summed E-state index contributed by atoms with van der Waals surface area (Å²) < 4.78 is 5.43. The second kappa shape index (κ2) is 7.24. The summed E-state index contributed by atoms with van der Waals surface area (Å²) in [6.45, 7) is 11.0. The minimum atomic E-state index is -0.0170. The van der Waals surface area contributed by atoms with Crippen LogP contribution in [-0.2, 0) is 4.74 Å². The fourth-order valence-electron chi connectivity index (χ4n) is 1.96. The van der Waals surface area contributed by atoms with Gasteiger partial charge >= 0.3 is 0 Å². The van der Waals surface area contributed by atoms with Gasteiger partial charge in [0, 0.05) is 19.2 Å². The van der Waals surface area contributed by atoms with Crippen LogP contribution in [0.25, 0.3) is 0 Å². The van der Waals surface area contributed by atoms with Crippen molar-refractivity contribution in [2.45, 2.75) is 78.0 Å². The summed E-state index contributed by atoms with van der Waals surface area (Å²) >= 11 is 0. The van der Waals surface area contributed by atoms with Crippen molar-refractivity contribution in [1.29, 1.82) is 0 Å². The molecule has 2 heteroatoms. The minimum absolute atomic E-state index is 0.0170. The van der Waals surface area contributed by atoms with Gasteiger partial charge in [-0.3, -0.25) is 0 Å². The Hall–Kier alpha value is -0.0800. The Morgan fingerprint density at radius 1 is 1.20 bits per heavy atom. The lowest BCUT2D eigenvalue weighted by atomic mass is 9.99. The summed E-state index contributed by atoms with van der Waals surface area (Å²) in [4.78, 5) is 0. The lowest BCUT2D eigenvalue weighted by Gasteiger charge is -2.29. The third-order valence-corrected chi connectivity index (χ3v) is 2.91. The Balaban J connectivity index is 3.77. The van der Waals surface area contributed by atoms with E-state index in [4.69, 9.17) is 4.74 Å². The minimum Gasteiger partial charge on any atom is -0.379 e. The first-order valence-corrected chi connectivity index (χ1v) is 6.22. The standard InChI is InChI=1S/C13H29NO/c1-7-8-9-11(2)14-12(3)10-13(4,5)15-6/h11-12,14H,7-10H2,1-6H3. The van der Waals surface area contributed by atoms with Gasteiger partial charge in [0.2, 0.25) is 0 Å². The molecule has 0 aliphatic rings. The highest BCUT2D eigenvalue weighted by Crippen LogP contribution is 2.16. The summed E-state index contributed by atoms with van der Waals surface area (Å²) in [5.74, 6) is 0. The van der Waals surface area contributed by atoms with Crippen molar-refractivity contribution in [2.24, 2.45) is 0 Å². The van der Waals surface area contributed by atoms with Gasteiger partial charge in [-0.05, 0) is 40.5 Å². The van der Waals surface area contributed by atoms with Gasteiger partial charge in [-0.25, -0.2) is 0 Å². The molecule has 0 aromatic carbocycles. The molecule has 0 aliphatic carbocycles. The zero-order valence-corrected chi connectivity index (χ0v) is 11.4. The Bertz CT molecular complexity index is 157. The Morgan fingerprint density at radius 2 is 1.80 bits per heavy atom. The van der Waals surface area contributed by atoms with Crippen LogP contribution in [0.2, 0.25) is 0 Å². The zero-order valence-electron chi connectivity index (χ0n) is 11.4. The quantitative estimate of drug-likeness (QED) is 0.670. The van der Waals surface area contributed by atoms with Gasteiger partial charge in [-0.2, -0.15) is 0 Å². The van der Waals surface area contributed by atoms with Crippen molar-refractivity contribution >= 4 is 0 Å². The van der Waals surface area contributed by atoms with Gasteiger partial charge in [0.1, 0.15) is 0 Å². The van der Waals surface area contributed by atoms with Gasteiger partial charge in [-0.1, -0.05) is 19.8 Å². The Kier molecular flexibility index (Phi) is 7.20. The van der Waals surface area contributed by atoms with E-state index in [-0.39, 0.29) is 5.60 Å². The van der Waals surface area contributed by atoms with E-state index in [1.54, 1.807) is 7.11 Å². The molecular formula is C13H29NO. The van der Waals surface area contributed by atoms with Crippen LogP contribution in [0.4, 0.5) is 0 Å². The first kappa shape index (κ1) is 14.9. The van der Waals surface area contributed by atoms with Crippen molar-refractivity contribution in [3.05, 3.63) is 0 Å². The third kappa shape index (κ3) is 7.80. The molecule has 0 aromatic heterocycles. The maximum atomic E-state index is 5.43. The molecule has 2 unspecified atom stereocenters. The molecule has 0 fully saturated rings. The first-order chi connectivity index (χ1) is 6.91. The van der Waals surface area contributed by atoms with Crippen LogP contribution in [-0.4, -0.2) is 24.8 Å². The maximum Gasteiger partial charge on any atom is 0.0637 e. The number of unbranched alkanes of at least 4 members (excludes halogenated alkanes) is 1. The topological polar surface area (TPSA) is 21.3 Å².